The molecule has 0 radical (unpaired) electrons. The summed E-state index contributed by atoms with van der Waals surface area (Å²) in [6, 6.07) is 0. The van der Waals surface area contributed by atoms with Crippen molar-refractivity contribution in [3.63, 3.8) is 0 Å². The largest absolute Gasteiger partial charge is 0.466 e. The summed E-state index contributed by atoms with van der Waals surface area (Å²) in [5.41, 5.74) is -2.11. The van der Waals surface area contributed by atoms with Crippen molar-refractivity contribution >= 4 is 23.9 Å². The predicted octanol–water partition coefficient (Wildman–Crippen LogP) is 6.30. The van der Waals surface area contributed by atoms with Gasteiger partial charge in [-0.3, -0.25) is 14.4 Å². The van der Waals surface area contributed by atoms with E-state index in [9.17, 15) is 19.2 Å². The van der Waals surface area contributed by atoms with Crippen molar-refractivity contribution in [1.29, 1.82) is 0 Å². The molecule has 0 N–H and O–H groups in total. The zero-order chi connectivity index (χ0) is 30.2. The van der Waals surface area contributed by atoms with Gasteiger partial charge in [0, 0.05) is 6.42 Å². The van der Waals surface area contributed by atoms with Crippen LogP contribution in [0.25, 0.3) is 0 Å². The molecule has 0 aromatic carbocycles. The molecule has 41 heavy (non-hydrogen) atoms. The summed E-state index contributed by atoms with van der Waals surface area (Å²) in [4.78, 5) is 54.2. The third-order valence-corrected chi connectivity index (χ3v) is 7.39. The topological polar surface area (TPSA) is 108 Å². The average Bonchev–Trinajstić information content (AvgIpc) is 3.45. The van der Waals surface area contributed by atoms with Gasteiger partial charge in [0.2, 0.25) is 5.60 Å². The molecule has 1 fully saturated rings. The lowest BCUT2D eigenvalue weighted by molar-refractivity contribution is -0.191. The van der Waals surface area contributed by atoms with Crippen LogP contribution in [0.15, 0.2) is 0 Å². The molecule has 1 atom stereocenters. The van der Waals surface area contributed by atoms with Crippen LogP contribution >= 0.6 is 0 Å². The Balaban J connectivity index is 2.87. The van der Waals surface area contributed by atoms with Crippen molar-refractivity contribution in [3.05, 3.63) is 0 Å². The smallest absolute Gasteiger partial charge is 0.351 e. The predicted molar refractivity (Wildman–Crippen MR) is 158 cm³/mol. The van der Waals surface area contributed by atoms with Crippen molar-refractivity contribution < 1.29 is 38.1 Å². The Kier molecular flexibility index (Phi) is 21.0. The first-order valence-corrected chi connectivity index (χ1v) is 16.3. The second-order valence-electron chi connectivity index (χ2n) is 11.2. The normalized spacial score (nSPS) is 14.8. The van der Waals surface area contributed by atoms with Crippen molar-refractivity contribution in [2.45, 2.75) is 142 Å². The maximum atomic E-state index is 13.4. The molecule has 0 amide bonds. The van der Waals surface area contributed by atoms with Crippen LogP contribution in [0.3, 0.4) is 0 Å². The lowest BCUT2D eigenvalue weighted by Gasteiger charge is -2.30. The van der Waals surface area contributed by atoms with Gasteiger partial charge in [-0.05, 0) is 58.7 Å². The highest BCUT2D eigenvalue weighted by Gasteiger charge is 2.49. The van der Waals surface area contributed by atoms with Crippen molar-refractivity contribution in [1.82, 2.24) is 4.90 Å². The molecule has 238 valence electrons. The minimum absolute atomic E-state index is 0.0680. The van der Waals surface area contributed by atoms with Crippen LogP contribution in [0.1, 0.15) is 136 Å². The van der Waals surface area contributed by atoms with Crippen molar-refractivity contribution in [2.24, 2.45) is 0 Å². The van der Waals surface area contributed by atoms with Crippen LogP contribution in [0, 0.1) is 0 Å². The Hall–Kier alpha value is -2.16. The SMILES string of the molecule is CCCCCCCCOC(=O)CC(CC(=O)OCC)(OC(=O)CCCN1CCCC1)C(=O)OCCCCCCCC. The minimum Gasteiger partial charge on any atom is -0.466 e. The molecule has 0 saturated carbocycles. The number of carbonyl (C=O) groups is 4. The van der Waals surface area contributed by atoms with E-state index in [0.29, 0.717) is 19.3 Å². The van der Waals surface area contributed by atoms with Crippen LogP contribution < -0.4 is 0 Å². The molecule has 1 aliphatic heterocycles. The Morgan fingerprint density at radius 2 is 1.12 bits per heavy atom. The third-order valence-electron chi connectivity index (χ3n) is 7.39. The van der Waals surface area contributed by atoms with E-state index in [0.717, 1.165) is 90.3 Å². The Labute approximate surface area is 248 Å². The molecule has 0 bridgehead atoms. The quantitative estimate of drug-likeness (QED) is 0.0695. The van der Waals surface area contributed by atoms with Gasteiger partial charge in [-0.2, -0.15) is 0 Å². The molecule has 9 nitrogen and oxygen atoms in total. The zero-order valence-electron chi connectivity index (χ0n) is 26.2. The summed E-state index contributed by atoms with van der Waals surface area (Å²) in [6.07, 6.45) is 14.0. The molecule has 1 aliphatic rings. The van der Waals surface area contributed by atoms with Gasteiger partial charge >= 0.3 is 23.9 Å². The number of esters is 4. The van der Waals surface area contributed by atoms with E-state index < -0.39 is 42.3 Å². The first-order valence-electron chi connectivity index (χ1n) is 16.3. The maximum absolute atomic E-state index is 13.4. The maximum Gasteiger partial charge on any atom is 0.351 e. The van der Waals surface area contributed by atoms with Crippen LogP contribution in [-0.4, -0.2) is 73.8 Å². The number of hydrogen-bond donors (Lipinski definition) is 0. The molecule has 1 heterocycles. The molecular weight excluding hydrogens is 526 g/mol. The molecular formula is C32H57NO8. The van der Waals surface area contributed by atoms with Gasteiger partial charge in [0.05, 0.1) is 32.7 Å². The molecule has 0 aromatic heterocycles. The van der Waals surface area contributed by atoms with Gasteiger partial charge in [-0.25, -0.2) is 4.79 Å². The number of ether oxygens (including phenoxy) is 4. The highest BCUT2D eigenvalue weighted by atomic mass is 16.6. The molecule has 1 rings (SSSR count). The fourth-order valence-corrected chi connectivity index (χ4v) is 5.02. The molecule has 0 aliphatic carbocycles. The van der Waals surface area contributed by atoms with E-state index >= 15 is 0 Å². The lowest BCUT2D eigenvalue weighted by atomic mass is 9.94. The van der Waals surface area contributed by atoms with E-state index in [1.165, 1.54) is 6.42 Å². The Morgan fingerprint density at radius 3 is 1.68 bits per heavy atom. The summed E-state index contributed by atoms with van der Waals surface area (Å²) in [7, 11) is 0. The third kappa shape index (κ3) is 17.4. The fraction of sp³-hybridized carbons (Fsp3) is 0.875. The van der Waals surface area contributed by atoms with Gasteiger partial charge in [-0.1, -0.05) is 78.1 Å². The Bertz CT molecular complexity index is 737. The lowest BCUT2D eigenvalue weighted by Crippen LogP contribution is -2.48. The van der Waals surface area contributed by atoms with Crippen molar-refractivity contribution in [2.75, 3.05) is 39.5 Å². The van der Waals surface area contributed by atoms with Gasteiger partial charge in [0.15, 0.2) is 0 Å². The van der Waals surface area contributed by atoms with E-state index in [2.05, 4.69) is 18.7 Å². The van der Waals surface area contributed by atoms with E-state index in [1.807, 2.05) is 0 Å². The van der Waals surface area contributed by atoms with E-state index in [4.69, 9.17) is 18.9 Å². The molecule has 1 unspecified atom stereocenters. The first kappa shape index (κ1) is 36.9. The van der Waals surface area contributed by atoms with Gasteiger partial charge in [-0.15, -0.1) is 0 Å². The highest BCUT2D eigenvalue weighted by Crippen LogP contribution is 2.27. The zero-order valence-corrected chi connectivity index (χ0v) is 26.2. The number of unbranched alkanes of at least 4 members (excludes halogenated alkanes) is 10. The van der Waals surface area contributed by atoms with Crippen LogP contribution in [0.5, 0.6) is 0 Å². The summed E-state index contributed by atoms with van der Waals surface area (Å²) in [5.74, 6) is -2.99. The first-order chi connectivity index (χ1) is 19.9. The molecule has 9 heteroatoms. The summed E-state index contributed by atoms with van der Waals surface area (Å²) in [6.45, 7) is 9.15. The van der Waals surface area contributed by atoms with Crippen LogP contribution in [-0.2, 0) is 38.1 Å². The van der Waals surface area contributed by atoms with E-state index in [1.54, 1.807) is 6.92 Å². The summed E-state index contributed by atoms with van der Waals surface area (Å²) >= 11 is 0. The van der Waals surface area contributed by atoms with Crippen LogP contribution in [0.4, 0.5) is 0 Å². The summed E-state index contributed by atoms with van der Waals surface area (Å²) < 4.78 is 21.7. The average molecular weight is 584 g/mol. The second kappa shape index (κ2) is 23.4. The standard InChI is InChI=1S/C32H57NO8/c1-4-7-9-11-13-17-24-39-30(36)27-32(26-29(35)38-6-3,31(37)40-25-18-14-12-10-8-5-2)41-28(34)20-19-23-33-21-15-16-22-33/h4-27H2,1-3H3. The monoisotopic (exact) mass is 583 g/mol. The van der Waals surface area contributed by atoms with Gasteiger partial charge in [0.1, 0.15) is 0 Å². The number of rotatable bonds is 25. The number of nitrogens with zero attached hydrogens (tertiary/aromatic N) is 1. The molecule has 0 spiro atoms. The van der Waals surface area contributed by atoms with E-state index in [-0.39, 0.29) is 26.2 Å². The van der Waals surface area contributed by atoms with Crippen LogP contribution in [0.2, 0.25) is 0 Å². The number of carbonyl (C=O) groups excluding carboxylic acids is 4. The highest BCUT2D eigenvalue weighted by molar-refractivity contribution is 5.92. The number of likely N-dealkylation sites (tertiary alicyclic amines) is 1. The molecule has 0 aromatic rings. The minimum atomic E-state index is -2.11. The summed E-state index contributed by atoms with van der Waals surface area (Å²) in [5, 5.41) is 0. The second-order valence-corrected chi connectivity index (χ2v) is 11.2. The Morgan fingerprint density at radius 1 is 0.610 bits per heavy atom. The van der Waals surface area contributed by atoms with Crippen molar-refractivity contribution in [3.8, 4) is 0 Å². The van der Waals surface area contributed by atoms with Gasteiger partial charge in [0.25, 0.3) is 0 Å². The van der Waals surface area contributed by atoms with Gasteiger partial charge < -0.3 is 23.8 Å². The number of hydrogen-bond acceptors (Lipinski definition) is 9. The fourth-order valence-electron chi connectivity index (χ4n) is 5.02. The molecule has 1 saturated heterocycles.